The molecule has 2 unspecified atom stereocenters. The smallest absolute Gasteiger partial charge is 0.225 e. The normalized spacial score (nSPS) is 22.3. The third-order valence-corrected chi connectivity index (χ3v) is 5.40. The minimum Gasteiger partial charge on any atom is -0.379 e. The molecule has 2 aliphatic rings. The van der Waals surface area contributed by atoms with E-state index in [2.05, 4.69) is 36.3 Å². The summed E-state index contributed by atoms with van der Waals surface area (Å²) in [6.45, 7) is 17.3. The first kappa shape index (κ1) is 25.4. The van der Waals surface area contributed by atoms with Gasteiger partial charge >= 0.3 is 0 Å². The molecule has 2 aliphatic heterocycles. The first-order valence-corrected chi connectivity index (χ1v) is 10.6. The molecule has 2 saturated heterocycles. The summed E-state index contributed by atoms with van der Waals surface area (Å²) in [4.78, 5) is 21.6. The van der Waals surface area contributed by atoms with Crippen LogP contribution in [-0.4, -0.2) is 86.2 Å². The number of likely N-dealkylation sites (tertiary alicyclic amines) is 1. The van der Waals surface area contributed by atoms with Crippen LogP contribution in [0.25, 0.3) is 0 Å². The number of hydrogen-bond acceptors (Lipinski definition) is 4. The zero-order chi connectivity index (χ0) is 19.8. The Morgan fingerprint density at radius 2 is 1.86 bits per heavy atom. The fourth-order valence-corrected chi connectivity index (χ4v) is 3.80. The summed E-state index contributed by atoms with van der Waals surface area (Å²) in [5.74, 6) is 1.71. The van der Waals surface area contributed by atoms with Crippen LogP contribution >= 0.6 is 24.0 Å². The van der Waals surface area contributed by atoms with E-state index in [1.165, 1.54) is 0 Å². The molecule has 0 radical (unpaired) electrons. The molecular weight excluding hydrogens is 469 g/mol. The van der Waals surface area contributed by atoms with Crippen LogP contribution < -0.4 is 10.6 Å². The van der Waals surface area contributed by atoms with Gasteiger partial charge in [-0.25, -0.2) is 0 Å². The summed E-state index contributed by atoms with van der Waals surface area (Å²) in [6.07, 6.45) is 0.972. The molecule has 0 saturated carbocycles. The highest BCUT2D eigenvalue weighted by Crippen LogP contribution is 2.15. The Morgan fingerprint density at radius 3 is 2.43 bits per heavy atom. The van der Waals surface area contributed by atoms with Crippen molar-refractivity contribution in [1.29, 1.82) is 0 Å². The van der Waals surface area contributed by atoms with Crippen molar-refractivity contribution in [1.82, 2.24) is 20.4 Å². The standard InChI is InChI=1S/C20H39N5O2.HI/c1-6-21-20(23-17-7-8-25(14-17)19(26)16(4)5)22-13-18(15(2)3)24-9-11-27-12-10-24;/h15-18H,6-14H2,1-5H3,(H2,21,22,23);1H. The predicted molar refractivity (Wildman–Crippen MR) is 125 cm³/mol. The molecule has 0 aliphatic carbocycles. The van der Waals surface area contributed by atoms with Gasteiger partial charge in [0.25, 0.3) is 0 Å². The lowest BCUT2D eigenvalue weighted by Crippen LogP contribution is -2.49. The quantitative estimate of drug-likeness (QED) is 0.311. The zero-order valence-electron chi connectivity index (χ0n) is 18.2. The van der Waals surface area contributed by atoms with Crippen molar-refractivity contribution in [2.45, 2.75) is 53.1 Å². The van der Waals surface area contributed by atoms with Gasteiger partial charge in [0.2, 0.25) is 5.91 Å². The topological polar surface area (TPSA) is 69.2 Å². The summed E-state index contributed by atoms with van der Waals surface area (Å²) < 4.78 is 5.49. The highest BCUT2D eigenvalue weighted by molar-refractivity contribution is 14.0. The van der Waals surface area contributed by atoms with Crippen molar-refractivity contribution >= 4 is 35.8 Å². The number of aliphatic imine (C=N–C) groups is 1. The molecular formula is C20H40IN5O2. The number of hydrogen-bond donors (Lipinski definition) is 2. The summed E-state index contributed by atoms with van der Waals surface area (Å²) in [5.41, 5.74) is 0. The van der Waals surface area contributed by atoms with Crippen molar-refractivity contribution in [3.8, 4) is 0 Å². The monoisotopic (exact) mass is 509 g/mol. The minimum absolute atomic E-state index is 0. The zero-order valence-corrected chi connectivity index (χ0v) is 20.6. The average molecular weight is 509 g/mol. The van der Waals surface area contributed by atoms with Gasteiger partial charge in [0.1, 0.15) is 0 Å². The largest absolute Gasteiger partial charge is 0.379 e. The number of morpholine rings is 1. The van der Waals surface area contributed by atoms with Crippen LogP contribution in [0.4, 0.5) is 0 Å². The molecule has 28 heavy (non-hydrogen) atoms. The van der Waals surface area contributed by atoms with Crippen LogP contribution in [0.2, 0.25) is 0 Å². The van der Waals surface area contributed by atoms with Crippen LogP contribution in [-0.2, 0) is 9.53 Å². The summed E-state index contributed by atoms with van der Waals surface area (Å²) >= 11 is 0. The Hall–Kier alpha value is -0.610. The number of halogens is 1. The predicted octanol–water partition coefficient (Wildman–Crippen LogP) is 1.77. The van der Waals surface area contributed by atoms with Gasteiger partial charge < -0.3 is 20.3 Å². The van der Waals surface area contributed by atoms with Crippen molar-refractivity contribution < 1.29 is 9.53 Å². The maximum absolute atomic E-state index is 12.2. The Bertz CT molecular complexity index is 495. The number of carbonyl (C=O) groups excluding carboxylic acids is 1. The fraction of sp³-hybridized carbons (Fsp3) is 0.900. The number of amides is 1. The molecule has 2 heterocycles. The van der Waals surface area contributed by atoms with Crippen molar-refractivity contribution in [2.75, 3.05) is 52.5 Å². The van der Waals surface area contributed by atoms with Crippen LogP contribution in [0.1, 0.15) is 41.0 Å². The van der Waals surface area contributed by atoms with E-state index in [0.29, 0.717) is 12.0 Å². The maximum Gasteiger partial charge on any atom is 0.225 e. The van der Waals surface area contributed by atoms with E-state index in [0.717, 1.165) is 64.9 Å². The molecule has 7 nitrogen and oxygen atoms in total. The Balaban J connectivity index is 0.00000392. The van der Waals surface area contributed by atoms with Gasteiger partial charge in [-0.1, -0.05) is 27.7 Å². The summed E-state index contributed by atoms with van der Waals surface area (Å²) in [5, 5.41) is 6.91. The van der Waals surface area contributed by atoms with E-state index in [-0.39, 0.29) is 41.8 Å². The first-order valence-electron chi connectivity index (χ1n) is 10.6. The van der Waals surface area contributed by atoms with E-state index < -0.39 is 0 Å². The van der Waals surface area contributed by atoms with E-state index in [4.69, 9.17) is 9.73 Å². The lowest BCUT2D eigenvalue weighted by molar-refractivity contribution is -0.133. The molecule has 2 atom stereocenters. The molecule has 2 fully saturated rings. The van der Waals surface area contributed by atoms with Crippen molar-refractivity contribution in [3.63, 3.8) is 0 Å². The first-order chi connectivity index (χ1) is 12.9. The Kier molecular flexibility index (Phi) is 11.7. The second kappa shape index (κ2) is 12.8. The highest BCUT2D eigenvalue weighted by atomic mass is 127. The van der Waals surface area contributed by atoms with Gasteiger partial charge in [-0.2, -0.15) is 0 Å². The van der Waals surface area contributed by atoms with E-state index in [1.54, 1.807) is 0 Å². The van der Waals surface area contributed by atoms with Crippen LogP contribution in [0.3, 0.4) is 0 Å². The second-order valence-corrected chi connectivity index (χ2v) is 8.25. The minimum atomic E-state index is 0. The third kappa shape index (κ3) is 7.67. The number of ether oxygens (including phenoxy) is 1. The lowest BCUT2D eigenvalue weighted by Gasteiger charge is -2.36. The van der Waals surface area contributed by atoms with Gasteiger partial charge in [0.15, 0.2) is 5.96 Å². The molecule has 8 heteroatoms. The lowest BCUT2D eigenvalue weighted by atomic mass is 10.0. The summed E-state index contributed by atoms with van der Waals surface area (Å²) in [7, 11) is 0. The molecule has 1 amide bonds. The third-order valence-electron chi connectivity index (χ3n) is 5.40. The SMILES string of the molecule is CCNC(=NCC(C(C)C)N1CCOCC1)NC1CCN(C(=O)C(C)C)C1.I. The Morgan fingerprint density at radius 1 is 1.18 bits per heavy atom. The van der Waals surface area contributed by atoms with Gasteiger partial charge in [0.05, 0.1) is 19.8 Å². The van der Waals surface area contributed by atoms with Gasteiger partial charge in [-0.05, 0) is 19.3 Å². The fourth-order valence-electron chi connectivity index (χ4n) is 3.80. The molecule has 2 N–H and O–H groups in total. The molecule has 0 aromatic rings. The van der Waals surface area contributed by atoms with Crippen molar-refractivity contribution in [3.05, 3.63) is 0 Å². The molecule has 0 aromatic heterocycles. The van der Waals surface area contributed by atoms with Crippen LogP contribution in [0.15, 0.2) is 4.99 Å². The van der Waals surface area contributed by atoms with Crippen LogP contribution in [0.5, 0.6) is 0 Å². The van der Waals surface area contributed by atoms with Gasteiger partial charge in [0, 0.05) is 50.7 Å². The number of nitrogens with zero attached hydrogens (tertiary/aromatic N) is 3. The van der Waals surface area contributed by atoms with E-state index >= 15 is 0 Å². The van der Waals surface area contributed by atoms with Crippen LogP contribution in [0, 0.1) is 11.8 Å². The number of rotatable bonds is 7. The van der Waals surface area contributed by atoms with E-state index in [1.807, 2.05) is 18.7 Å². The van der Waals surface area contributed by atoms with Crippen molar-refractivity contribution in [2.24, 2.45) is 16.8 Å². The number of guanidine groups is 1. The Labute approximate surface area is 188 Å². The molecule has 0 aromatic carbocycles. The van der Waals surface area contributed by atoms with Gasteiger partial charge in [-0.3, -0.25) is 14.7 Å². The van der Waals surface area contributed by atoms with E-state index in [9.17, 15) is 4.79 Å². The average Bonchev–Trinajstić information content (AvgIpc) is 3.10. The second-order valence-electron chi connectivity index (χ2n) is 8.25. The molecule has 0 spiro atoms. The molecule has 2 rings (SSSR count). The molecule has 0 bridgehead atoms. The maximum atomic E-state index is 12.2. The number of carbonyl (C=O) groups is 1. The van der Waals surface area contributed by atoms with Gasteiger partial charge in [-0.15, -0.1) is 24.0 Å². The summed E-state index contributed by atoms with van der Waals surface area (Å²) in [6, 6.07) is 0.693. The number of nitrogens with one attached hydrogen (secondary N) is 2. The highest BCUT2D eigenvalue weighted by Gasteiger charge is 2.28. The molecule has 164 valence electrons.